The quantitative estimate of drug-likeness (QED) is 0.394. The van der Waals surface area contributed by atoms with E-state index in [2.05, 4.69) is 10.3 Å². The van der Waals surface area contributed by atoms with Gasteiger partial charge in [-0.25, -0.2) is 4.99 Å². The summed E-state index contributed by atoms with van der Waals surface area (Å²) in [6.07, 6.45) is 0. The van der Waals surface area contributed by atoms with Crippen LogP contribution in [0.15, 0.2) is 59.6 Å². The Bertz CT molecular complexity index is 632. The lowest BCUT2D eigenvalue weighted by molar-refractivity contribution is 0.0675. The highest BCUT2D eigenvalue weighted by Gasteiger charge is 2.25. The van der Waals surface area contributed by atoms with Crippen LogP contribution in [0.25, 0.3) is 0 Å². The summed E-state index contributed by atoms with van der Waals surface area (Å²) in [6, 6.07) is 16.6. The van der Waals surface area contributed by atoms with E-state index in [4.69, 9.17) is 17.3 Å². The van der Waals surface area contributed by atoms with Gasteiger partial charge in [0, 0.05) is 16.3 Å². The Morgan fingerprint density at radius 3 is 2.41 bits per heavy atom. The predicted octanol–water partition coefficient (Wildman–Crippen LogP) is 3.59. The summed E-state index contributed by atoms with van der Waals surface area (Å²) in [6.45, 7) is 1.77. The smallest absolute Gasteiger partial charge is 0.193 e. The molecule has 118 valence electrons. The second kappa shape index (κ2) is 8.36. The number of nitrogens with two attached hydrogens (primary N) is 1. The van der Waals surface area contributed by atoms with Crippen LogP contribution in [0.4, 0.5) is 5.69 Å². The summed E-state index contributed by atoms with van der Waals surface area (Å²) in [5, 5.41) is 14.0. The highest BCUT2D eigenvalue weighted by Crippen LogP contribution is 2.27. The Morgan fingerprint density at radius 1 is 1.18 bits per heavy atom. The molecule has 6 heteroatoms. The lowest BCUT2D eigenvalue weighted by Gasteiger charge is -2.23. The summed E-state index contributed by atoms with van der Waals surface area (Å²) in [5.74, 6) is 0.244. The molecule has 1 unspecified atom stereocenters. The van der Waals surface area contributed by atoms with Crippen LogP contribution in [0, 0.1) is 0 Å². The predicted molar refractivity (Wildman–Crippen MR) is 103 cm³/mol. The van der Waals surface area contributed by atoms with Gasteiger partial charge in [0.1, 0.15) is 5.60 Å². The molecule has 0 aliphatic carbocycles. The zero-order valence-electron chi connectivity index (χ0n) is 12.2. The molecule has 4 N–H and O–H groups in total. The number of hydrogen-bond donors (Lipinski definition) is 3. The second-order valence-corrected chi connectivity index (χ2v) is 5.35. The van der Waals surface area contributed by atoms with Crippen LogP contribution in [0.3, 0.4) is 0 Å². The van der Waals surface area contributed by atoms with Gasteiger partial charge in [0.2, 0.25) is 0 Å². The highest BCUT2D eigenvalue weighted by molar-refractivity contribution is 14.0. The van der Waals surface area contributed by atoms with Crippen molar-refractivity contribution < 1.29 is 5.11 Å². The van der Waals surface area contributed by atoms with Crippen molar-refractivity contribution in [1.82, 2.24) is 0 Å². The maximum Gasteiger partial charge on any atom is 0.193 e. The molecular weight excluding hydrogens is 413 g/mol. The van der Waals surface area contributed by atoms with E-state index >= 15 is 0 Å². The molecule has 0 saturated heterocycles. The Hall–Kier alpha value is -1.31. The third-order valence-electron chi connectivity index (χ3n) is 3.06. The average Bonchev–Trinajstić information content (AvgIpc) is 2.47. The van der Waals surface area contributed by atoms with E-state index in [1.54, 1.807) is 19.1 Å². The first-order valence-corrected chi connectivity index (χ1v) is 6.96. The normalized spacial score (nSPS) is 13.9. The number of nitrogens with one attached hydrogen (secondary N) is 1. The highest BCUT2D eigenvalue weighted by atomic mass is 127. The molecule has 2 rings (SSSR count). The molecule has 0 fully saturated rings. The van der Waals surface area contributed by atoms with Crippen molar-refractivity contribution in [3.63, 3.8) is 0 Å². The molecule has 0 aliphatic heterocycles. The fourth-order valence-electron chi connectivity index (χ4n) is 1.93. The number of aliphatic imine (C=N–C) groups is 1. The first kappa shape index (κ1) is 18.7. The van der Waals surface area contributed by atoms with Crippen molar-refractivity contribution in [2.24, 2.45) is 10.7 Å². The molecule has 0 spiro atoms. The Balaban J connectivity index is 0.00000242. The Labute approximate surface area is 152 Å². The lowest BCUT2D eigenvalue weighted by atomic mass is 9.96. The maximum atomic E-state index is 10.5. The molecule has 0 aromatic heterocycles. The number of halogens is 2. The molecule has 2 aromatic carbocycles. The van der Waals surface area contributed by atoms with E-state index in [-0.39, 0.29) is 36.5 Å². The summed E-state index contributed by atoms with van der Waals surface area (Å²) in [4.78, 5) is 4.18. The van der Waals surface area contributed by atoms with Gasteiger partial charge in [0.25, 0.3) is 0 Å². The van der Waals surface area contributed by atoms with Gasteiger partial charge in [-0.15, -0.1) is 24.0 Å². The molecule has 4 nitrogen and oxygen atoms in total. The minimum atomic E-state index is -1.18. The van der Waals surface area contributed by atoms with Gasteiger partial charge in [-0.1, -0.05) is 48.0 Å². The molecule has 0 saturated carbocycles. The van der Waals surface area contributed by atoms with Crippen molar-refractivity contribution in [1.29, 1.82) is 0 Å². The summed E-state index contributed by atoms with van der Waals surface area (Å²) >= 11 is 6.10. The van der Waals surface area contributed by atoms with E-state index in [1.807, 2.05) is 42.5 Å². The molecule has 0 heterocycles. The zero-order valence-corrected chi connectivity index (χ0v) is 15.2. The monoisotopic (exact) mass is 431 g/mol. The minimum absolute atomic E-state index is 0. The van der Waals surface area contributed by atoms with Crippen molar-refractivity contribution in [2.45, 2.75) is 12.5 Å². The molecule has 1 atom stereocenters. The van der Waals surface area contributed by atoms with E-state index in [9.17, 15) is 5.11 Å². The van der Waals surface area contributed by atoms with Crippen molar-refractivity contribution in [3.8, 4) is 0 Å². The molecule has 0 aliphatic rings. The van der Waals surface area contributed by atoms with E-state index in [0.717, 1.165) is 5.69 Å². The number of nitrogens with zero attached hydrogens (tertiary/aromatic N) is 1. The number of benzene rings is 2. The van der Waals surface area contributed by atoms with Crippen LogP contribution in [0.1, 0.15) is 12.5 Å². The average molecular weight is 432 g/mol. The van der Waals surface area contributed by atoms with Gasteiger partial charge in [0.15, 0.2) is 5.96 Å². The summed E-state index contributed by atoms with van der Waals surface area (Å²) in [5.41, 5.74) is 6.12. The number of guanidine groups is 1. The van der Waals surface area contributed by atoms with Gasteiger partial charge >= 0.3 is 0 Å². The minimum Gasteiger partial charge on any atom is -0.383 e. The second-order valence-electron chi connectivity index (χ2n) is 4.95. The fourth-order valence-corrected chi connectivity index (χ4v) is 2.27. The van der Waals surface area contributed by atoms with Crippen molar-refractivity contribution in [2.75, 3.05) is 11.9 Å². The van der Waals surface area contributed by atoms with E-state index in [0.29, 0.717) is 10.6 Å². The van der Waals surface area contributed by atoms with Gasteiger partial charge in [-0.05, 0) is 25.1 Å². The third-order valence-corrected chi connectivity index (χ3v) is 3.39. The van der Waals surface area contributed by atoms with Gasteiger partial charge in [-0.3, -0.25) is 0 Å². The molecule has 2 aromatic rings. The summed E-state index contributed by atoms with van der Waals surface area (Å²) in [7, 11) is 0. The first-order chi connectivity index (χ1) is 9.99. The van der Waals surface area contributed by atoms with Crippen LogP contribution < -0.4 is 11.1 Å². The first-order valence-electron chi connectivity index (χ1n) is 6.58. The van der Waals surface area contributed by atoms with Gasteiger partial charge in [-0.2, -0.15) is 0 Å². The van der Waals surface area contributed by atoms with Crippen LogP contribution in [-0.2, 0) is 5.60 Å². The number of aliphatic hydroxyl groups is 1. The standard InChI is InChI=1S/C16H18ClN3O.HI/c1-16(21,13-9-5-6-10-14(13)17)11-19-15(18)20-12-7-3-2-4-8-12;/h2-10,21H,11H2,1H3,(H3,18,19,20);1H. The van der Waals surface area contributed by atoms with Crippen molar-refractivity contribution >= 4 is 47.2 Å². The molecule has 0 bridgehead atoms. The molecule has 22 heavy (non-hydrogen) atoms. The van der Waals surface area contributed by atoms with Crippen LogP contribution in [0.2, 0.25) is 5.02 Å². The van der Waals surface area contributed by atoms with Crippen molar-refractivity contribution in [3.05, 3.63) is 65.2 Å². The molecule has 0 radical (unpaired) electrons. The third kappa shape index (κ3) is 5.15. The number of anilines is 1. The molecule has 0 amide bonds. The van der Waals surface area contributed by atoms with Crippen LogP contribution in [-0.4, -0.2) is 17.6 Å². The Morgan fingerprint density at radius 2 is 1.77 bits per heavy atom. The maximum absolute atomic E-state index is 10.5. The van der Waals surface area contributed by atoms with Crippen LogP contribution >= 0.6 is 35.6 Å². The number of hydrogen-bond acceptors (Lipinski definition) is 2. The number of rotatable bonds is 4. The lowest BCUT2D eigenvalue weighted by Crippen LogP contribution is -2.29. The molecular formula is C16H19ClIN3O. The fraction of sp³-hybridized carbons (Fsp3) is 0.188. The summed E-state index contributed by atoms with van der Waals surface area (Å²) < 4.78 is 0. The van der Waals surface area contributed by atoms with E-state index in [1.165, 1.54) is 0 Å². The van der Waals surface area contributed by atoms with E-state index < -0.39 is 5.60 Å². The SMILES string of the molecule is CC(O)(CN=C(N)Nc1ccccc1)c1ccccc1Cl.I. The van der Waals surface area contributed by atoms with Crippen LogP contribution in [0.5, 0.6) is 0 Å². The zero-order chi connectivity index (χ0) is 15.3. The van der Waals surface area contributed by atoms with Gasteiger partial charge in [0.05, 0.1) is 6.54 Å². The largest absolute Gasteiger partial charge is 0.383 e. The van der Waals surface area contributed by atoms with Gasteiger partial charge < -0.3 is 16.2 Å². The number of para-hydroxylation sites is 1. The Kier molecular flexibility index (Phi) is 7.12. The topological polar surface area (TPSA) is 70.6 Å².